The van der Waals surface area contributed by atoms with Crippen molar-refractivity contribution in [1.29, 1.82) is 0 Å². The lowest BCUT2D eigenvalue weighted by atomic mass is 10.0. The van der Waals surface area contributed by atoms with Crippen LogP contribution in [-0.4, -0.2) is 37.2 Å². The molecule has 79 heavy (non-hydrogen) atoms. The summed E-state index contributed by atoms with van der Waals surface area (Å²) in [5.41, 5.74) is 0. The monoisotopic (exact) mass is 1110 g/mol. The van der Waals surface area contributed by atoms with Crippen molar-refractivity contribution < 1.29 is 28.6 Å². The van der Waals surface area contributed by atoms with Crippen molar-refractivity contribution in [2.75, 3.05) is 13.2 Å². The first-order valence-electron chi connectivity index (χ1n) is 34.8. The van der Waals surface area contributed by atoms with Crippen molar-refractivity contribution in [3.63, 3.8) is 0 Å². The van der Waals surface area contributed by atoms with Crippen LogP contribution in [-0.2, 0) is 28.6 Å². The summed E-state index contributed by atoms with van der Waals surface area (Å²) in [6.45, 7) is 6.55. The van der Waals surface area contributed by atoms with E-state index in [1.807, 2.05) is 0 Å². The summed E-state index contributed by atoms with van der Waals surface area (Å²) in [5.74, 6) is -0.883. The van der Waals surface area contributed by atoms with Gasteiger partial charge in [-0.2, -0.15) is 0 Å². The first kappa shape index (κ1) is 76.1. The highest BCUT2D eigenvalue weighted by Gasteiger charge is 2.19. The van der Waals surface area contributed by atoms with E-state index in [9.17, 15) is 14.4 Å². The number of allylic oxidation sites excluding steroid dienone is 10. The van der Waals surface area contributed by atoms with E-state index < -0.39 is 6.10 Å². The summed E-state index contributed by atoms with van der Waals surface area (Å²) in [4.78, 5) is 38.4. The Morgan fingerprint density at radius 2 is 0.494 bits per heavy atom. The molecule has 0 saturated heterocycles. The van der Waals surface area contributed by atoms with Gasteiger partial charge in [-0.25, -0.2) is 0 Å². The average molecular weight is 1110 g/mol. The molecule has 6 nitrogen and oxygen atoms in total. The normalized spacial score (nSPS) is 12.4. The van der Waals surface area contributed by atoms with E-state index in [1.165, 1.54) is 225 Å². The van der Waals surface area contributed by atoms with Crippen LogP contribution in [0.15, 0.2) is 60.8 Å². The van der Waals surface area contributed by atoms with E-state index in [1.54, 1.807) is 0 Å². The van der Waals surface area contributed by atoms with Crippen molar-refractivity contribution in [2.24, 2.45) is 0 Å². The fraction of sp³-hybridized carbons (Fsp3) is 0.822. The molecule has 0 spiro atoms. The Hall–Kier alpha value is -2.89. The molecule has 0 amide bonds. The Kier molecular flexibility index (Phi) is 65.1. The van der Waals surface area contributed by atoms with Gasteiger partial charge in [-0.15, -0.1) is 0 Å². The molecule has 460 valence electrons. The minimum absolute atomic E-state index is 0.0797. The maximum Gasteiger partial charge on any atom is 0.306 e. The molecular weight excluding hydrogens is 973 g/mol. The molecule has 0 radical (unpaired) electrons. The van der Waals surface area contributed by atoms with Gasteiger partial charge in [-0.1, -0.05) is 326 Å². The average Bonchev–Trinajstić information content (AvgIpc) is 3.45. The van der Waals surface area contributed by atoms with Gasteiger partial charge in [0.25, 0.3) is 0 Å². The molecule has 0 aliphatic rings. The number of carbonyl (C=O) groups is 3. The SMILES string of the molecule is CC/C=C\C/C=C\C/C=C\CCCCCCCCCC(=O)OC(COC(=O)CCCCCCC/C=C\C/C=C\CCCCCC)COC(=O)CCCCCCCCCCCCCCCCCCCCCCCCCCCCCC. The first-order chi connectivity index (χ1) is 39.0. The van der Waals surface area contributed by atoms with Gasteiger partial charge in [0.05, 0.1) is 0 Å². The van der Waals surface area contributed by atoms with Crippen LogP contribution in [0, 0.1) is 0 Å². The van der Waals surface area contributed by atoms with Gasteiger partial charge < -0.3 is 14.2 Å². The zero-order valence-electron chi connectivity index (χ0n) is 52.9. The summed E-state index contributed by atoms with van der Waals surface area (Å²) in [7, 11) is 0. The molecule has 0 aromatic rings. The van der Waals surface area contributed by atoms with E-state index in [-0.39, 0.29) is 31.1 Å². The largest absolute Gasteiger partial charge is 0.462 e. The van der Waals surface area contributed by atoms with Crippen molar-refractivity contribution in [1.82, 2.24) is 0 Å². The first-order valence-corrected chi connectivity index (χ1v) is 34.8. The molecule has 0 heterocycles. The number of hydrogen-bond donors (Lipinski definition) is 0. The highest BCUT2D eigenvalue weighted by Crippen LogP contribution is 2.18. The van der Waals surface area contributed by atoms with Crippen LogP contribution in [0.1, 0.15) is 367 Å². The van der Waals surface area contributed by atoms with Crippen molar-refractivity contribution in [3.05, 3.63) is 60.8 Å². The fourth-order valence-electron chi connectivity index (χ4n) is 10.3. The Balaban J connectivity index is 4.24. The zero-order chi connectivity index (χ0) is 57.1. The number of esters is 3. The maximum absolute atomic E-state index is 12.9. The number of ether oxygens (including phenoxy) is 3. The predicted octanol–water partition coefficient (Wildman–Crippen LogP) is 23.9. The van der Waals surface area contributed by atoms with Crippen molar-refractivity contribution >= 4 is 17.9 Å². The maximum atomic E-state index is 12.9. The quantitative estimate of drug-likeness (QED) is 0.0261. The number of rotatable bonds is 64. The van der Waals surface area contributed by atoms with E-state index in [0.29, 0.717) is 19.3 Å². The molecule has 1 unspecified atom stereocenters. The molecule has 0 fully saturated rings. The van der Waals surface area contributed by atoms with E-state index in [4.69, 9.17) is 14.2 Å². The number of hydrogen-bond acceptors (Lipinski definition) is 6. The molecule has 0 rings (SSSR count). The lowest BCUT2D eigenvalue weighted by molar-refractivity contribution is -0.167. The highest BCUT2D eigenvalue weighted by molar-refractivity contribution is 5.71. The predicted molar refractivity (Wildman–Crippen MR) is 344 cm³/mol. The smallest absolute Gasteiger partial charge is 0.306 e. The van der Waals surface area contributed by atoms with E-state index >= 15 is 0 Å². The summed E-state index contributed by atoms with van der Waals surface area (Å²) < 4.78 is 17.0. The van der Waals surface area contributed by atoms with Crippen LogP contribution in [0.5, 0.6) is 0 Å². The van der Waals surface area contributed by atoms with Crippen LogP contribution in [0.2, 0.25) is 0 Å². The Morgan fingerprint density at radius 1 is 0.266 bits per heavy atom. The van der Waals surface area contributed by atoms with Crippen LogP contribution < -0.4 is 0 Å². The molecule has 0 aromatic carbocycles. The van der Waals surface area contributed by atoms with Gasteiger partial charge in [-0.05, 0) is 83.5 Å². The minimum Gasteiger partial charge on any atom is -0.462 e. The van der Waals surface area contributed by atoms with Crippen LogP contribution in [0.25, 0.3) is 0 Å². The molecule has 0 aliphatic heterocycles. The number of unbranched alkanes of at least 4 members (excludes halogenated alkanes) is 43. The van der Waals surface area contributed by atoms with Gasteiger partial charge in [0.15, 0.2) is 6.10 Å². The summed E-state index contributed by atoms with van der Waals surface area (Å²) in [5, 5.41) is 0. The molecule has 0 N–H and O–H groups in total. The van der Waals surface area contributed by atoms with Crippen molar-refractivity contribution in [2.45, 2.75) is 374 Å². The van der Waals surface area contributed by atoms with Crippen LogP contribution in [0.3, 0.4) is 0 Å². The molecular formula is C73H132O6. The van der Waals surface area contributed by atoms with Gasteiger partial charge in [-0.3, -0.25) is 14.4 Å². The van der Waals surface area contributed by atoms with Gasteiger partial charge in [0, 0.05) is 19.3 Å². The third kappa shape index (κ3) is 65.8. The van der Waals surface area contributed by atoms with Gasteiger partial charge in [0.1, 0.15) is 13.2 Å². The second-order valence-electron chi connectivity index (χ2n) is 23.4. The molecule has 6 heteroatoms. The Labute approximate surface area is 491 Å². The standard InChI is InChI=1S/C73H132O6/c1-4-7-10-13-16-19-22-25-28-31-32-33-34-35-36-37-38-39-40-41-43-45-48-51-54-57-60-63-66-72(75)78-69-70(68-77-71(74)65-62-59-56-53-50-47-44-30-27-24-21-18-15-12-9-6-3)79-73(76)67-64-61-58-55-52-49-46-42-29-26-23-20-17-14-11-8-5-2/h8,11,17,20-21,24,26,29-30,44,70H,4-7,9-10,12-16,18-19,22-23,25,27-28,31-43,45-69H2,1-3H3/b11-8-,20-17-,24-21-,29-26-,44-30-. The van der Waals surface area contributed by atoms with Crippen LogP contribution in [0.4, 0.5) is 0 Å². The Morgan fingerprint density at radius 3 is 0.785 bits per heavy atom. The molecule has 0 aromatic heterocycles. The summed E-state index contributed by atoms with van der Waals surface area (Å²) >= 11 is 0. The highest BCUT2D eigenvalue weighted by atomic mass is 16.6. The lowest BCUT2D eigenvalue weighted by Crippen LogP contribution is -2.30. The molecule has 0 aliphatic carbocycles. The van der Waals surface area contributed by atoms with Gasteiger partial charge >= 0.3 is 17.9 Å². The van der Waals surface area contributed by atoms with E-state index in [2.05, 4.69) is 81.5 Å². The third-order valence-electron chi connectivity index (χ3n) is 15.5. The number of carbonyl (C=O) groups excluding carboxylic acids is 3. The summed E-state index contributed by atoms with van der Waals surface area (Å²) in [6.07, 6.45) is 86.8. The Bertz CT molecular complexity index is 1410. The van der Waals surface area contributed by atoms with Gasteiger partial charge in [0.2, 0.25) is 0 Å². The van der Waals surface area contributed by atoms with Crippen LogP contribution >= 0.6 is 0 Å². The molecule has 0 saturated carbocycles. The third-order valence-corrected chi connectivity index (χ3v) is 15.5. The second-order valence-corrected chi connectivity index (χ2v) is 23.4. The topological polar surface area (TPSA) is 78.9 Å². The molecule has 1 atom stereocenters. The lowest BCUT2D eigenvalue weighted by Gasteiger charge is -2.18. The summed E-state index contributed by atoms with van der Waals surface area (Å²) in [6, 6.07) is 0. The van der Waals surface area contributed by atoms with E-state index in [0.717, 1.165) is 103 Å². The molecule has 0 bridgehead atoms. The second kappa shape index (κ2) is 67.6. The fourth-order valence-corrected chi connectivity index (χ4v) is 10.3. The van der Waals surface area contributed by atoms with Crippen molar-refractivity contribution in [3.8, 4) is 0 Å². The minimum atomic E-state index is -0.786. The zero-order valence-corrected chi connectivity index (χ0v) is 52.9.